The predicted octanol–water partition coefficient (Wildman–Crippen LogP) is 4.06. The van der Waals surface area contributed by atoms with Gasteiger partial charge in [-0.3, -0.25) is 30.0 Å². The lowest BCUT2D eigenvalue weighted by atomic mass is 10.2. The molecule has 0 bridgehead atoms. The molecule has 4 rings (SSSR count). The first kappa shape index (κ1) is 23.4. The van der Waals surface area contributed by atoms with E-state index in [9.17, 15) is 14.0 Å². The maximum atomic E-state index is 13.5. The zero-order chi connectivity index (χ0) is 24.1. The van der Waals surface area contributed by atoms with Gasteiger partial charge in [0.05, 0.1) is 5.25 Å². The molecule has 0 radical (unpaired) electrons. The fourth-order valence-corrected chi connectivity index (χ4v) is 4.05. The summed E-state index contributed by atoms with van der Waals surface area (Å²) in [5, 5.41) is 8.71. The fourth-order valence-electron chi connectivity index (χ4n) is 2.99. The molecule has 1 atom stereocenters. The molecule has 172 valence electrons. The van der Waals surface area contributed by atoms with E-state index in [4.69, 9.17) is 11.6 Å². The molecule has 2 heterocycles. The third kappa shape index (κ3) is 5.41. The van der Waals surface area contributed by atoms with Gasteiger partial charge in [0.2, 0.25) is 0 Å². The van der Waals surface area contributed by atoms with Crippen molar-refractivity contribution in [1.82, 2.24) is 30.6 Å². The highest BCUT2D eigenvalue weighted by atomic mass is 35.5. The molecule has 2 amide bonds. The summed E-state index contributed by atoms with van der Waals surface area (Å²) in [6.45, 7) is 1.67. The van der Waals surface area contributed by atoms with Crippen molar-refractivity contribution in [1.29, 1.82) is 0 Å². The summed E-state index contributed by atoms with van der Waals surface area (Å²) in [5.41, 5.74) is 6.48. The van der Waals surface area contributed by atoms with Gasteiger partial charge in [0.1, 0.15) is 5.82 Å². The Morgan fingerprint density at radius 2 is 1.76 bits per heavy atom. The minimum Gasteiger partial charge on any atom is -0.272 e. The van der Waals surface area contributed by atoms with Crippen molar-refractivity contribution in [2.45, 2.75) is 17.3 Å². The Morgan fingerprint density at radius 3 is 2.47 bits per heavy atom. The molecule has 34 heavy (non-hydrogen) atoms. The van der Waals surface area contributed by atoms with Gasteiger partial charge < -0.3 is 0 Å². The molecule has 8 nitrogen and oxygen atoms in total. The minimum atomic E-state index is -0.645. The second kappa shape index (κ2) is 10.4. The Hall–Kier alpha value is -3.76. The normalized spacial score (nSPS) is 11.6. The molecule has 0 saturated heterocycles. The van der Waals surface area contributed by atoms with Gasteiger partial charge in [0.15, 0.2) is 11.0 Å². The highest BCUT2D eigenvalue weighted by Crippen LogP contribution is 2.30. The van der Waals surface area contributed by atoms with Crippen LogP contribution in [0.1, 0.15) is 17.3 Å². The number of benzene rings is 2. The van der Waals surface area contributed by atoms with Crippen molar-refractivity contribution in [3.05, 3.63) is 89.5 Å². The van der Waals surface area contributed by atoms with Gasteiger partial charge in [0, 0.05) is 34.2 Å². The molecule has 0 aliphatic rings. The summed E-state index contributed by atoms with van der Waals surface area (Å²) in [4.78, 5) is 28.9. The minimum absolute atomic E-state index is 0.311. The predicted molar refractivity (Wildman–Crippen MR) is 127 cm³/mol. The lowest BCUT2D eigenvalue weighted by molar-refractivity contribution is -0.121. The van der Waals surface area contributed by atoms with Gasteiger partial charge in [-0.25, -0.2) is 4.39 Å². The van der Waals surface area contributed by atoms with Crippen molar-refractivity contribution in [3.8, 4) is 17.1 Å². The van der Waals surface area contributed by atoms with Crippen LogP contribution in [0.3, 0.4) is 0 Å². The first-order valence-electron chi connectivity index (χ1n) is 10.1. The summed E-state index contributed by atoms with van der Waals surface area (Å²) in [6, 6.07) is 15.8. The number of halogens is 2. The smallest absolute Gasteiger partial charge is 0.269 e. The van der Waals surface area contributed by atoms with Gasteiger partial charge in [-0.1, -0.05) is 29.4 Å². The Kier molecular flexibility index (Phi) is 7.19. The largest absolute Gasteiger partial charge is 0.272 e. The zero-order valence-corrected chi connectivity index (χ0v) is 19.3. The van der Waals surface area contributed by atoms with E-state index in [1.165, 1.54) is 18.2 Å². The Balaban J connectivity index is 1.52. The molecule has 0 saturated carbocycles. The van der Waals surface area contributed by atoms with E-state index in [2.05, 4.69) is 26.0 Å². The first-order valence-corrected chi connectivity index (χ1v) is 11.3. The summed E-state index contributed by atoms with van der Waals surface area (Å²) in [7, 11) is 0. The molecule has 0 unspecified atom stereocenters. The van der Waals surface area contributed by atoms with E-state index in [-0.39, 0.29) is 5.82 Å². The second-order valence-corrected chi connectivity index (χ2v) is 8.81. The van der Waals surface area contributed by atoms with Crippen LogP contribution in [-0.2, 0) is 4.79 Å². The first-order chi connectivity index (χ1) is 16.4. The highest BCUT2D eigenvalue weighted by molar-refractivity contribution is 8.00. The topological polar surface area (TPSA) is 102 Å². The Bertz CT molecular complexity index is 1320. The van der Waals surface area contributed by atoms with Gasteiger partial charge in [-0.15, -0.1) is 10.2 Å². The van der Waals surface area contributed by atoms with E-state index < -0.39 is 17.1 Å². The molecule has 2 aromatic heterocycles. The fraction of sp³-hybridized carbons (Fsp3) is 0.0870. The Morgan fingerprint density at radius 1 is 1.03 bits per heavy atom. The number of carbonyl (C=O) groups excluding carboxylic acids is 2. The van der Waals surface area contributed by atoms with Crippen molar-refractivity contribution < 1.29 is 14.0 Å². The van der Waals surface area contributed by atoms with Crippen LogP contribution < -0.4 is 10.9 Å². The van der Waals surface area contributed by atoms with E-state index in [0.29, 0.717) is 27.3 Å². The van der Waals surface area contributed by atoms with E-state index in [1.807, 2.05) is 0 Å². The number of aromatic nitrogens is 4. The van der Waals surface area contributed by atoms with Crippen molar-refractivity contribution in [3.63, 3.8) is 0 Å². The lowest BCUT2D eigenvalue weighted by Crippen LogP contribution is -2.45. The van der Waals surface area contributed by atoms with Crippen LogP contribution in [0, 0.1) is 5.82 Å². The summed E-state index contributed by atoms with van der Waals surface area (Å²) >= 11 is 7.04. The molecule has 0 spiro atoms. The van der Waals surface area contributed by atoms with Crippen LogP contribution in [-0.4, -0.2) is 36.8 Å². The molecule has 11 heteroatoms. The third-order valence-electron chi connectivity index (χ3n) is 4.69. The number of thioether (sulfide) groups is 1. The van der Waals surface area contributed by atoms with Gasteiger partial charge in [-0.05, 0) is 61.5 Å². The SMILES string of the molecule is C[C@H](Sc1nnc(-c2ccncc2)n1-c1ccc(F)cc1)C(=O)NNC(=O)c1cccc(Cl)c1. The summed E-state index contributed by atoms with van der Waals surface area (Å²) in [5.74, 6) is -0.806. The quantitative estimate of drug-likeness (QED) is 0.308. The summed E-state index contributed by atoms with van der Waals surface area (Å²) in [6.07, 6.45) is 3.26. The van der Waals surface area contributed by atoms with Gasteiger partial charge in [0.25, 0.3) is 11.8 Å². The number of pyridine rings is 1. The number of rotatable bonds is 6. The summed E-state index contributed by atoms with van der Waals surface area (Å²) < 4.78 is 15.2. The molecule has 4 aromatic rings. The Labute approximate surface area is 203 Å². The number of nitrogens with one attached hydrogen (secondary N) is 2. The zero-order valence-electron chi connectivity index (χ0n) is 17.8. The number of hydrazine groups is 1. The van der Waals surface area contributed by atoms with Gasteiger partial charge in [-0.2, -0.15) is 0 Å². The third-order valence-corrected chi connectivity index (χ3v) is 5.97. The lowest BCUT2D eigenvalue weighted by Gasteiger charge is -2.14. The maximum Gasteiger partial charge on any atom is 0.269 e. The standard InChI is InChI=1S/C23H18ClFN6O2S/c1-14(21(32)28-29-22(33)16-3-2-4-17(24)13-16)34-23-30-27-20(15-9-11-26-12-10-15)31(23)19-7-5-18(25)6-8-19/h2-14H,1H3,(H,28,32)(H,29,33)/t14-/m0/s1. The molecule has 0 aliphatic carbocycles. The molecular weight excluding hydrogens is 479 g/mol. The van der Waals surface area contributed by atoms with Crippen LogP contribution in [0.4, 0.5) is 4.39 Å². The monoisotopic (exact) mass is 496 g/mol. The van der Waals surface area contributed by atoms with Crippen molar-refractivity contribution in [2.75, 3.05) is 0 Å². The highest BCUT2D eigenvalue weighted by Gasteiger charge is 2.22. The molecular formula is C23H18ClFN6O2S. The second-order valence-electron chi connectivity index (χ2n) is 7.07. The molecule has 0 aliphatic heterocycles. The van der Waals surface area contributed by atoms with Crippen molar-refractivity contribution in [2.24, 2.45) is 0 Å². The van der Waals surface area contributed by atoms with Gasteiger partial charge >= 0.3 is 0 Å². The van der Waals surface area contributed by atoms with E-state index in [1.54, 1.807) is 66.3 Å². The van der Waals surface area contributed by atoms with Crippen LogP contribution in [0.2, 0.25) is 5.02 Å². The number of hydrogen-bond donors (Lipinski definition) is 2. The number of hydrogen-bond acceptors (Lipinski definition) is 6. The molecule has 2 N–H and O–H groups in total. The van der Waals surface area contributed by atoms with E-state index in [0.717, 1.165) is 17.3 Å². The molecule has 2 aromatic carbocycles. The van der Waals surface area contributed by atoms with Crippen molar-refractivity contribution >= 4 is 35.2 Å². The van der Waals surface area contributed by atoms with E-state index >= 15 is 0 Å². The maximum absolute atomic E-state index is 13.5. The van der Waals surface area contributed by atoms with Crippen LogP contribution in [0.15, 0.2) is 78.2 Å². The average Bonchev–Trinajstić information content (AvgIpc) is 3.26. The number of nitrogens with zero attached hydrogens (tertiary/aromatic N) is 4. The molecule has 0 fully saturated rings. The number of carbonyl (C=O) groups is 2. The van der Waals surface area contributed by atoms with Crippen LogP contribution in [0.25, 0.3) is 17.1 Å². The number of amides is 2. The van der Waals surface area contributed by atoms with Crippen LogP contribution >= 0.6 is 23.4 Å². The average molecular weight is 497 g/mol. The van der Waals surface area contributed by atoms with Crippen LogP contribution in [0.5, 0.6) is 0 Å².